The molecule has 3 rings (SSSR count). The summed E-state index contributed by atoms with van der Waals surface area (Å²) in [6.45, 7) is 0.738. The predicted octanol–water partition coefficient (Wildman–Crippen LogP) is 3.26. The molecule has 20 heavy (non-hydrogen) atoms. The van der Waals surface area contributed by atoms with Gasteiger partial charge < -0.3 is 5.32 Å². The standard InChI is InChI=1S/C17H17F2N/c18-15-7-12(8-16(19)11-15)5-6-20-17-9-13-3-1-2-4-14(13)10-17/h1-4,7-8,11,17,20H,5-6,9-10H2. The average Bonchev–Trinajstić information content (AvgIpc) is 2.80. The van der Waals surface area contributed by atoms with Crippen LogP contribution in [-0.4, -0.2) is 12.6 Å². The molecule has 2 aromatic rings. The van der Waals surface area contributed by atoms with Gasteiger partial charge in [-0.3, -0.25) is 0 Å². The number of halogens is 2. The predicted molar refractivity (Wildman–Crippen MR) is 75.7 cm³/mol. The summed E-state index contributed by atoms with van der Waals surface area (Å²) < 4.78 is 26.1. The molecule has 0 amide bonds. The van der Waals surface area contributed by atoms with Gasteiger partial charge in [0.2, 0.25) is 0 Å². The summed E-state index contributed by atoms with van der Waals surface area (Å²) in [4.78, 5) is 0. The third kappa shape index (κ3) is 3.05. The van der Waals surface area contributed by atoms with Crippen molar-refractivity contribution in [2.75, 3.05) is 6.54 Å². The van der Waals surface area contributed by atoms with Crippen molar-refractivity contribution in [1.29, 1.82) is 0 Å². The molecule has 2 aromatic carbocycles. The van der Waals surface area contributed by atoms with Gasteiger partial charge >= 0.3 is 0 Å². The van der Waals surface area contributed by atoms with Crippen LogP contribution in [0.4, 0.5) is 8.78 Å². The van der Waals surface area contributed by atoms with Crippen LogP contribution in [0.1, 0.15) is 16.7 Å². The molecule has 104 valence electrons. The summed E-state index contributed by atoms with van der Waals surface area (Å²) in [5, 5.41) is 3.47. The third-order valence-corrected chi connectivity index (χ3v) is 3.82. The number of hydrogen-bond donors (Lipinski definition) is 1. The minimum absolute atomic E-state index is 0.436. The summed E-state index contributed by atoms with van der Waals surface area (Å²) in [5.74, 6) is -1.01. The van der Waals surface area contributed by atoms with Gasteiger partial charge in [0.05, 0.1) is 0 Å². The lowest BCUT2D eigenvalue weighted by Gasteiger charge is -2.11. The fraction of sp³-hybridized carbons (Fsp3) is 0.294. The fourth-order valence-corrected chi connectivity index (χ4v) is 2.88. The Morgan fingerprint density at radius 3 is 2.15 bits per heavy atom. The molecule has 0 atom stereocenters. The molecule has 0 saturated heterocycles. The first-order valence-corrected chi connectivity index (χ1v) is 6.96. The molecule has 1 aliphatic carbocycles. The van der Waals surface area contributed by atoms with Crippen molar-refractivity contribution >= 4 is 0 Å². The van der Waals surface area contributed by atoms with E-state index in [1.807, 2.05) is 0 Å². The maximum absolute atomic E-state index is 13.1. The van der Waals surface area contributed by atoms with Gasteiger partial charge in [-0.15, -0.1) is 0 Å². The van der Waals surface area contributed by atoms with E-state index in [1.54, 1.807) is 0 Å². The van der Waals surface area contributed by atoms with Crippen LogP contribution in [0.25, 0.3) is 0 Å². The quantitative estimate of drug-likeness (QED) is 0.901. The van der Waals surface area contributed by atoms with Gasteiger partial charge in [-0.1, -0.05) is 24.3 Å². The second-order valence-corrected chi connectivity index (χ2v) is 5.36. The second-order valence-electron chi connectivity index (χ2n) is 5.36. The molecule has 0 unspecified atom stereocenters. The summed E-state index contributed by atoms with van der Waals surface area (Å²) in [5.41, 5.74) is 3.51. The highest BCUT2D eigenvalue weighted by Crippen LogP contribution is 2.21. The minimum Gasteiger partial charge on any atom is -0.313 e. The van der Waals surface area contributed by atoms with Gasteiger partial charge in [0.25, 0.3) is 0 Å². The van der Waals surface area contributed by atoms with E-state index in [9.17, 15) is 8.78 Å². The molecular formula is C17H17F2N. The molecule has 0 radical (unpaired) electrons. The van der Waals surface area contributed by atoms with Crippen molar-refractivity contribution in [2.45, 2.75) is 25.3 Å². The van der Waals surface area contributed by atoms with Gasteiger partial charge in [0.15, 0.2) is 0 Å². The molecule has 0 heterocycles. The van der Waals surface area contributed by atoms with Gasteiger partial charge in [0, 0.05) is 12.1 Å². The Kier molecular flexibility index (Phi) is 3.79. The van der Waals surface area contributed by atoms with Gasteiger partial charge in [-0.2, -0.15) is 0 Å². The third-order valence-electron chi connectivity index (χ3n) is 3.82. The first kappa shape index (κ1) is 13.3. The maximum Gasteiger partial charge on any atom is 0.126 e. The molecule has 0 fully saturated rings. The fourth-order valence-electron chi connectivity index (χ4n) is 2.88. The molecule has 0 spiro atoms. The molecule has 0 saturated carbocycles. The topological polar surface area (TPSA) is 12.0 Å². The van der Waals surface area contributed by atoms with Crippen LogP contribution in [0.15, 0.2) is 42.5 Å². The molecule has 1 nitrogen and oxygen atoms in total. The van der Waals surface area contributed by atoms with Crippen LogP contribution in [0.3, 0.4) is 0 Å². The van der Waals surface area contributed by atoms with Crippen molar-refractivity contribution < 1.29 is 8.78 Å². The normalized spacial score (nSPS) is 14.5. The van der Waals surface area contributed by atoms with Gasteiger partial charge in [-0.25, -0.2) is 8.78 Å². The first-order chi connectivity index (χ1) is 9.70. The molecule has 0 bridgehead atoms. The van der Waals surface area contributed by atoms with E-state index in [0.29, 0.717) is 18.0 Å². The number of fused-ring (bicyclic) bond motifs is 1. The Labute approximate surface area is 117 Å². The van der Waals surface area contributed by atoms with Crippen LogP contribution in [0, 0.1) is 11.6 Å². The Balaban J connectivity index is 1.52. The monoisotopic (exact) mass is 273 g/mol. The first-order valence-electron chi connectivity index (χ1n) is 6.96. The highest BCUT2D eigenvalue weighted by Gasteiger charge is 2.19. The van der Waals surface area contributed by atoms with E-state index in [2.05, 4.69) is 29.6 Å². The SMILES string of the molecule is Fc1cc(F)cc(CCNC2Cc3ccccc3C2)c1. The van der Waals surface area contributed by atoms with Gasteiger partial charge in [0.1, 0.15) is 11.6 Å². The van der Waals surface area contributed by atoms with Crippen molar-refractivity contribution in [2.24, 2.45) is 0 Å². The van der Waals surface area contributed by atoms with E-state index in [4.69, 9.17) is 0 Å². The van der Waals surface area contributed by atoms with Crippen LogP contribution >= 0.6 is 0 Å². The van der Waals surface area contributed by atoms with Crippen LogP contribution in [0.5, 0.6) is 0 Å². The zero-order chi connectivity index (χ0) is 13.9. The van der Waals surface area contributed by atoms with E-state index in [1.165, 1.54) is 23.3 Å². The minimum atomic E-state index is -0.506. The number of nitrogens with one attached hydrogen (secondary N) is 1. The summed E-state index contributed by atoms with van der Waals surface area (Å²) in [6.07, 6.45) is 2.71. The summed E-state index contributed by atoms with van der Waals surface area (Å²) in [6, 6.07) is 12.6. The Morgan fingerprint density at radius 1 is 0.950 bits per heavy atom. The van der Waals surface area contributed by atoms with Crippen molar-refractivity contribution in [3.63, 3.8) is 0 Å². The highest BCUT2D eigenvalue weighted by atomic mass is 19.1. The van der Waals surface area contributed by atoms with E-state index in [0.717, 1.165) is 25.5 Å². The zero-order valence-electron chi connectivity index (χ0n) is 11.2. The lowest BCUT2D eigenvalue weighted by atomic mass is 10.1. The molecule has 1 aliphatic rings. The van der Waals surface area contributed by atoms with Crippen molar-refractivity contribution in [3.05, 3.63) is 70.8 Å². The van der Waals surface area contributed by atoms with E-state index in [-0.39, 0.29) is 0 Å². The zero-order valence-corrected chi connectivity index (χ0v) is 11.2. The smallest absolute Gasteiger partial charge is 0.126 e. The second kappa shape index (κ2) is 5.71. The van der Waals surface area contributed by atoms with Crippen LogP contribution in [0.2, 0.25) is 0 Å². The van der Waals surface area contributed by atoms with Crippen LogP contribution in [-0.2, 0) is 19.3 Å². The van der Waals surface area contributed by atoms with Crippen LogP contribution < -0.4 is 5.32 Å². The average molecular weight is 273 g/mol. The van der Waals surface area contributed by atoms with Gasteiger partial charge in [-0.05, 0) is 54.6 Å². The molecule has 0 aliphatic heterocycles. The number of hydrogen-bond acceptors (Lipinski definition) is 1. The molecule has 3 heteroatoms. The summed E-state index contributed by atoms with van der Waals surface area (Å²) >= 11 is 0. The number of benzene rings is 2. The molecule has 1 N–H and O–H groups in total. The van der Waals surface area contributed by atoms with Crippen molar-refractivity contribution in [3.8, 4) is 0 Å². The number of rotatable bonds is 4. The molecule has 0 aromatic heterocycles. The maximum atomic E-state index is 13.1. The summed E-state index contributed by atoms with van der Waals surface area (Å²) in [7, 11) is 0. The van der Waals surface area contributed by atoms with E-state index >= 15 is 0 Å². The van der Waals surface area contributed by atoms with Crippen molar-refractivity contribution in [1.82, 2.24) is 5.32 Å². The Morgan fingerprint density at radius 2 is 1.55 bits per heavy atom. The lowest BCUT2D eigenvalue weighted by Crippen LogP contribution is -2.31. The largest absolute Gasteiger partial charge is 0.313 e. The lowest BCUT2D eigenvalue weighted by molar-refractivity contribution is 0.533. The Hall–Kier alpha value is -1.74. The van der Waals surface area contributed by atoms with E-state index < -0.39 is 11.6 Å². The highest BCUT2D eigenvalue weighted by molar-refractivity contribution is 5.33. The molecular weight excluding hydrogens is 256 g/mol. The Bertz CT molecular complexity index is 564.